The molecule has 1 aliphatic rings. The number of H-pyrrole nitrogens is 1. The van der Waals surface area contributed by atoms with Gasteiger partial charge in [0.15, 0.2) is 0 Å². The van der Waals surface area contributed by atoms with E-state index in [0.717, 1.165) is 12.5 Å². The van der Waals surface area contributed by atoms with E-state index in [2.05, 4.69) is 22.4 Å². The van der Waals surface area contributed by atoms with Gasteiger partial charge in [0.25, 0.3) is 0 Å². The summed E-state index contributed by atoms with van der Waals surface area (Å²) >= 11 is 0. The van der Waals surface area contributed by atoms with Gasteiger partial charge in [-0.15, -0.1) is 0 Å². The summed E-state index contributed by atoms with van der Waals surface area (Å²) in [6, 6.07) is 4.25. The quantitative estimate of drug-likeness (QED) is 0.623. The molecule has 0 spiro atoms. The van der Waals surface area contributed by atoms with Gasteiger partial charge in [-0.1, -0.05) is 0 Å². The molecule has 0 bridgehead atoms. The molecule has 2 heterocycles. The van der Waals surface area contributed by atoms with Crippen LogP contribution in [0.25, 0.3) is 0 Å². The molecule has 1 aromatic heterocycles. The summed E-state index contributed by atoms with van der Waals surface area (Å²) in [5.74, 6) is 0.721. The number of rotatable bonds is 1. The van der Waals surface area contributed by atoms with Gasteiger partial charge in [0.05, 0.1) is 0 Å². The van der Waals surface area contributed by atoms with Crippen LogP contribution >= 0.6 is 0 Å². The van der Waals surface area contributed by atoms with Crippen molar-refractivity contribution in [3.63, 3.8) is 0 Å². The molecule has 0 aromatic carbocycles. The van der Waals surface area contributed by atoms with Crippen molar-refractivity contribution in [3.05, 3.63) is 24.0 Å². The Morgan fingerprint density at radius 3 is 3.09 bits per heavy atom. The van der Waals surface area contributed by atoms with Gasteiger partial charge in [0.1, 0.15) is 0 Å². The Balaban J connectivity index is 2.04. The van der Waals surface area contributed by atoms with Crippen molar-refractivity contribution in [2.75, 3.05) is 13.1 Å². The van der Waals surface area contributed by atoms with E-state index in [0.29, 0.717) is 0 Å². The topological polar surface area (TPSA) is 27.8 Å². The largest absolute Gasteiger partial charge is 0.365 e. The van der Waals surface area contributed by atoms with E-state index >= 15 is 0 Å². The minimum Gasteiger partial charge on any atom is -0.365 e. The van der Waals surface area contributed by atoms with Gasteiger partial charge >= 0.3 is 0 Å². The predicted octanol–water partition coefficient (Wildman–Crippen LogP) is 1.48. The van der Waals surface area contributed by atoms with Crippen LogP contribution < -0.4 is 5.32 Å². The van der Waals surface area contributed by atoms with Crippen LogP contribution in [-0.2, 0) is 0 Å². The standard InChI is InChI=1S/C9H14N2/c1-3-8(7-10-5-1)9-4-2-6-11-9/h2,4,6,8,10-11H,1,3,5,7H2. The van der Waals surface area contributed by atoms with Crippen LogP contribution in [0.4, 0.5) is 0 Å². The number of aromatic nitrogens is 1. The molecular formula is C9H14N2. The van der Waals surface area contributed by atoms with Crippen LogP contribution in [-0.4, -0.2) is 18.1 Å². The summed E-state index contributed by atoms with van der Waals surface area (Å²) in [7, 11) is 0. The second-order valence-electron chi connectivity index (χ2n) is 3.17. The lowest BCUT2D eigenvalue weighted by Crippen LogP contribution is -2.28. The van der Waals surface area contributed by atoms with E-state index in [9.17, 15) is 0 Å². The van der Waals surface area contributed by atoms with E-state index in [1.807, 2.05) is 6.20 Å². The number of hydrogen-bond donors (Lipinski definition) is 2. The van der Waals surface area contributed by atoms with Crippen LogP contribution in [0.1, 0.15) is 24.5 Å². The van der Waals surface area contributed by atoms with Gasteiger partial charge in [-0.25, -0.2) is 0 Å². The first kappa shape index (κ1) is 6.92. The Labute approximate surface area is 67.0 Å². The highest BCUT2D eigenvalue weighted by molar-refractivity contribution is 5.11. The third-order valence-electron chi connectivity index (χ3n) is 2.36. The molecule has 11 heavy (non-hydrogen) atoms. The maximum atomic E-state index is 3.40. The van der Waals surface area contributed by atoms with E-state index in [4.69, 9.17) is 0 Å². The smallest absolute Gasteiger partial charge is 0.0191 e. The maximum Gasteiger partial charge on any atom is 0.0191 e. The molecule has 2 N–H and O–H groups in total. The molecular weight excluding hydrogens is 136 g/mol. The number of nitrogens with one attached hydrogen (secondary N) is 2. The van der Waals surface area contributed by atoms with Crippen LogP contribution in [0.5, 0.6) is 0 Å². The lowest BCUT2D eigenvalue weighted by Gasteiger charge is -2.21. The molecule has 0 amide bonds. The Morgan fingerprint density at radius 1 is 1.45 bits per heavy atom. The number of aromatic amines is 1. The zero-order chi connectivity index (χ0) is 7.52. The Bertz CT molecular complexity index is 197. The zero-order valence-electron chi connectivity index (χ0n) is 6.64. The summed E-state index contributed by atoms with van der Waals surface area (Å²) in [4.78, 5) is 3.27. The highest BCUT2D eigenvalue weighted by atomic mass is 14.9. The lowest BCUT2D eigenvalue weighted by molar-refractivity contribution is 0.456. The Morgan fingerprint density at radius 2 is 2.45 bits per heavy atom. The van der Waals surface area contributed by atoms with Gasteiger partial charge in [0.2, 0.25) is 0 Å². The minimum atomic E-state index is 0.721. The zero-order valence-corrected chi connectivity index (χ0v) is 6.64. The van der Waals surface area contributed by atoms with Crippen molar-refractivity contribution in [2.24, 2.45) is 0 Å². The van der Waals surface area contributed by atoms with Gasteiger partial charge < -0.3 is 10.3 Å². The molecule has 1 saturated heterocycles. The van der Waals surface area contributed by atoms with Crippen molar-refractivity contribution in [1.29, 1.82) is 0 Å². The van der Waals surface area contributed by atoms with E-state index in [1.165, 1.54) is 25.1 Å². The maximum absolute atomic E-state index is 3.40. The van der Waals surface area contributed by atoms with Gasteiger partial charge in [-0.2, -0.15) is 0 Å². The second-order valence-corrected chi connectivity index (χ2v) is 3.17. The fourth-order valence-electron chi connectivity index (χ4n) is 1.72. The minimum absolute atomic E-state index is 0.721. The fourth-order valence-corrected chi connectivity index (χ4v) is 1.72. The molecule has 2 heteroatoms. The molecule has 0 saturated carbocycles. The van der Waals surface area contributed by atoms with Crippen LogP contribution in [0.3, 0.4) is 0 Å². The Kier molecular flexibility index (Phi) is 1.95. The number of piperidine rings is 1. The first-order valence-electron chi connectivity index (χ1n) is 4.31. The molecule has 0 aliphatic carbocycles. The van der Waals surface area contributed by atoms with Gasteiger partial charge in [-0.05, 0) is 31.5 Å². The summed E-state index contributed by atoms with van der Waals surface area (Å²) in [6.45, 7) is 2.33. The van der Waals surface area contributed by atoms with E-state index in [1.54, 1.807) is 0 Å². The first-order chi connectivity index (χ1) is 5.47. The van der Waals surface area contributed by atoms with Crippen molar-refractivity contribution in [2.45, 2.75) is 18.8 Å². The summed E-state index contributed by atoms with van der Waals surface area (Å²) < 4.78 is 0. The van der Waals surface area contributed by atoms with E-state index < -0.39 is 0 Å². The molecule has 1 aromatic rings. The summed E-state index contributed by atoms with van der Waals surface area (Å²) in [6.07, 6.45) is 4.64. The lowest BCUT2D eigenvalue weighted by atomic mass is 9.97. The van der Waals surface area contributed by atoms with Gasteiger partial charge in [-0.3, -0.25) is 0 Å². The highest BCUT2D eigenvalue weighted by Crippen LogP contribution is 2.20. The molecule has 1 atom stereocenters. The third-order valence-corrected chi connectivity index (χ3v) is 2.36. The van der Waals surface area contributed by atoms with Crippen molar-refractivity contribution >= 4 is 0 Å². The normalized spacial score (nSPS) is 25.3. The van der Waals surface area contributed by atoms with Crippen molar-refractivity contribution < 1.29 is 0 Å². The average Bonchev–Trinajstić information content (AvgIpc) is 2.58. The molecule has 1 fully saturated rings. The molecule has 1 aliphatic heterocycles. The van der Waals surface area contributed by atoms with Gasteiger partial charge in [0, 0.05) is 24.4 Å². The van der Waals surface area contributed by atoms with Crippen LogP contribution in [0.2, 0.25) is 0 Å². The molecule has 2 rings (SSSR count). The predicted molar refractivity (Wildman–Crippen MR) is 45.6 cm³/mol. The van der Waals surface area contributed by atoms with Crippen molar-refractivity contribution in [3.8, 4) is 0 Å². The molecule has 2 nitrogen and oxygen atoms in total. The van der Waals surface area contributed by atoms with Crippen LogP contribution in [0.15, 0.2) is 18.3 Å². The molecule has 1 unspecified atom stereocenters. The summed E-state index contributed by atoms with van der Waals surface area (Å²) in [5.41, 5.74) is 1.39. The number of hydrogen-bond acceptors (Lipinski definition) is 1. The summed E-state index contributed by atoms with van der Waals surface area (Å²) in [5, 5.41) is 3.40. The molecule has 0 radical (unpaired) electrons. The highest BCUT2D eigenvalue weighted by Gasteiger charge is 2.14. The monoisotopic (exact) mass is 150 g/mol. The SMILES string of the molecule is c1c[nH]c(C2CCCNC2)c1. The third kappa shape index (κ3) is 1.46. The van der Waals surface area contributed by atoms with E-state index in [-0.39, 0.29) is 0 Å². The average molecular weight is 150 g/mol. The van der Waals surface area contributed by atoms with Crippen LogP contribution in [0, 0.1) is 0 Å². The fraction of sp³-hybridized carbons (Fsp3) is 0.556. The Hall–Kier alpha value is -0.760. The molecule has 60 valence electrons. The second kappa shape index (κ2) is 3.09. The first-order valence-corrected chi connectivity index (χ1v) is 4.31. The van der Waals surface area contributed by atoms with Crippen molar-refractivity contribution in [1.82, 2.24) is 10.3 Å².